The fourth-order valence-corrected chi connectivity index (χ4v) is 3.68. The third kappa shape index (κ3) is 4.07. The molecule has 3 rings (SSSR count). The maximum atomic E-state index is 13.1. The molecule has 0 aromatic heterocycles. The molecule has 5 nitrogen and oxygen atoms in total. The Balaban J connectivity index is 2.06. The number of likely N-dealkylation sites (N-methyl/N-ethyl adjacent to an activating group) is 1. The van der Waals surface area contributed by atoms with E-state index >= 15 is 0 Å². The summed E-state index contributed by atoms with van der Waals surface area (Å²) in [5.74, 6) is -0.748. The van der Waals surface area contributed by atoms with Gasteiger partial charge in [0.2, 0.25) is 0 Å². The molecule has 2 aromatic rings. The van der Waals surface area contributed by atoms with Crippen molar-refractivity contribution in [3.8, 4) is 0 Å². The maximum Gasteiger partial charge on any atom is 0.277 e. The molecule has 0 unspecified atom stereocenters. The minimum absolute atomic E-state index is 0.172. The van der Waals surface area contributed by atoms with Gasteiger partial charge in [0.25, 0.3) is 11.8 Å². The standard InChI is InChI=1S/C21H20Cl2N2O3/c1-24(13-14-6-4-3-5-7-14)19-18(16-9-8-15(22)12-17(16)23)20(26)25(21(19)27)10-11-28-2/h3-9,12H,10-11,13H2,1-2H3. The molecule has 1 aliphatic heterocycles. The van der Waals surface area contributed by atoms with E-state index in [0.29, 0.717) is 27.9 Å². The van der Waals surface area contributed by atoms with Crippen LogP contribution in [0.1, 0.15) is 11.1 Å². The molecule has 28 heavy (non-hydrogen) atoms. The molecule has 0 saturated carbocycles. The number of carbonyl (C=O) groups excluding carboxylic acids is 2. The van der Waals surface area contributed by atoms with Crippen LogP contribution in [-0.4, -0.2) is 48.9 Å². The summed E-state index contributed by atoms with van der Waals surface area (Å²) in [5, 5.41) is 0.782. The second kappa shape index (κ2) is 8.78. The highest BCUT2D eigenvalue weighted by Crippen LogP contribution is 2.36. The predicted molar refractivity (Wildman–Crippen MR) is 110 cm³/mol. The summed E-state index contributed by atoms with van der Waals surface area (Å²) < 4.78 is 5.05. The SMILES string of the molecule is COCCN1C(=O)C(c2ccc(Cl)cc2Cl)=C(N(C)Cc2ccccc2)C1=O. The first-order chi connectivity index (χ1) is 13.4. The van der Waals surface area contributed by atoms with Crippen LogP contribution >= 0.6 is 23.2 Å². The molecular weight excluding hydrogens is 399 g/mol. The van der Waals surface area contributed by atoms with Gasteiger partial charge < -0.3 is 9.64 Å². The van der Waals surface area contributed by atoms with Gasteiger partial charge in [0.05, 0.1) is 23.7 Å². The Hall–Kier alpha value is -2.34. The predicted octanol–water partition coefficient (Wildman–Crippen LogP) is 3.85. The quantitative estimate of drug-likeness (QED) is 0.640. The Labute approximate surface area is 174 Å². The molecule has 0 saturated heterocycles. The summed E-state index contributed by atoms with van der Waals surface area (Å²) in [7, 11) is 3.31. The van der Waals surface area contributed by atoms with Crippen molar-refractivity contribution in [1.82, 2.24) is 9.80 Å². The number of halogens is 2. The van der Waals surface area contributed by atoms with E-state index in [0.717, 1.165) is 5.56 Å². The molecule has 2 aromatic carbocycles. The average Bonchev–Trinajstić information content (AvgIpc) is 2.91. The van der Waals surface area contributed by atoms with Crippen molar-refractivity contribution < 1.29 is 14.3 Å². The molecule has 2 amide bonds. The van der Waals surface area contributed by atoms with Gasteiger partial charge in [0.1, 0.15) is 5.70 Å². The molecule has 0 atom stereocenters. The van der Waals surface area contributed by atoms with Gasteiger partial charge in [-0.15, -0.1) is 0 Å². The lowest BCUT2D eigenvalue weighted by molar-refractivity contribution is -0.138. The number of imide groups is 1. The number of benzene rings is 2. The van der Waals surface area contributed by atoms with Crippen LogP contribution in [0, 0.1) is 0 Å². The summed E-state index contributed by atoms with van der Waals surface area (Å²) in [6, 6.07) is 14.6. The summed E-state index contributed by atoms with van der Waals surface area (Å²) in [5.41, 5.74) is 2.10. The number of nitrogens with zero attached hydrogens (tertiary/aromatic N) is 2. The Kier molecular flexibility index (Phi) is 6.39. The monoisotopic (exact) mass is 418 g/mol. The number of carbonyl (C=O) groups is 2. The van der Waals surface area contributed by atoms with Gasteiger partial charge in [-0.1, -0.05) is 59.6 Å². The van der Waals surface area contributed by atoms with Crippen molar-refractivity contribution in [3.05, 3.63) is 75.4 Å². The molecule has 0 fully saturated rings. The largest absolute Gasteiger partial charge is 0.383 e. The van der Waals surface area contributed by atoms with Crippen LogP contribution in [0.15, 0.2) is 54.2 Å². The number of hydrogen-bond acceptors (Lipinski definition) is 4. The molecule has 0 spiro atoms. The first-order valence-electron chi connectivity index (χ1n) is 8.74. The molecule has 1 aliphatic rings. The van der Waals surface area contributed by atoms with E-state index in [-0.39, 0.29) is 30.5 Å². The van der Waals surface area contributed by atoms with Crippen molar-refractivity contribution in [2.24, 2.45) is 0 Å². The van der Waals surface area contributed by atoms with E-state index in [2.05, 4.69) is 0 Å². The Morgan fingerprint density at radius 1 is 1.04 bits per heavy atom. The smallest absolute Gasteiger partial charge is 0.277 e. The van der Waals surface area contributed by atoms with E-state index in [1.165, 1.54) is 12.0 Å². The van der Waals surface area contributed by atoms with E-state index in [1.54, 1.807) is 30.1 Å². The molecule has 1 heterocycles. The first kappa shape index (κ1) is 20.4. The lowest BCUT2D eigenvalue weighted by Crippen LogP contribution is -2.36. The van der Waals surface area contributed by atoms with Gasteiger partial charge in [0.15, 0.2) is 0 Å². The zero-order valence-corrected chi connectivity index (χ0v) is 17.1. The highest BCUT2D eigenvalue weighted by Gasteiger charge is 2.41. The normalized spacial score (nSPS) is 14.2. The van der Waals surface area contributed by atoms with Crippen LogP contribution in [0.5, 0.6) is 0 Å². The third-order valence-electron chi connectivity index (χ3n) is 4.51. The van der Waals surface area contributed by atoms with Crippen LogP contribution in [0.2, 0.25) is 10.0 Å². The summed E-state index contributed by atoms with van der Waals surface area (Å²) in [4.78, 5) is 29.2. The number of methoxy groups -OCH3 is 1. The van der Waals surface area contributed by atoms with Gasteiger partial charge >= 0.3 is 0 Å². The fraction of sp³-hybridized carbons (Fsp3) is 0.238. The Morgan fingerprint density at radius 3 is 2.39 bits per heavy atom. The fourth-order valence-electron chi connectivity index (χ4n) is 3.17. The minimum atomic E-state index is -0.388. The zero-order valence-electron chi connectivity index (χ0n) is 15.6. The number of amides is 2. The minimum Gasteiger partial charge on any atom is -0.383 e. The lowest BCUT2D eigenvalue weighted by atomic mass is 10.0. The molecule has 0 radical (unpaired) electrons. The van der Waals surface area contributed by atoms with Gasteiger partial charge in [-0.2, -0.15) is 0 Å². The van der Waals surface area contributed by atoms with E-state index in [9.17, 15) is 9.59 Å². The molecule has 7 heteroatoms. The van der Waals surface area contributed by atoms with Crippen LogP contribution in [0.3, 0.4) is 0 Å². The Morgan fingerprint density at radius 2 is 1.75 bits per heavy atom. The Bertz CT molecular complexity index is 929. The van der Waals surface area contributed by atoms with Crippen LogP contribution in [0.4, 0.5) is 0 Å². The van der Waals surface area contributed by atoms with Crippen LogP contribution in [-0.2, 0) is 20.9 Å². The molecular formula is C21H20Cl2N2O3. The van der Waals surface area contributed by atoms with Gasteiger partial charge in [-0.25, -0.2) is 0 Å². The van der Waals surface area contributed by atoms with Crippen molar-refractivity contribution in [1.29, 1.82) is 0 Å². The molecule has 0 bridgehead atoms. The van der Waals surface area contributed by atoms with E-state index < -0.39 is 0 Å². The van der Waals surface area contributed by atoms with Crippen molar-refractivity contribution in [2.75, 3.05) is 27.3 Å². The van der Waals surface area contributed by atoms with Crippen LogP contribution < -0.4 is 0 Å². The number of ether oxygens (including phenoxy) is 1. The second-order valence-corrected chi connectivity index (χ2v) is 7.29. The lowest BCUT2D eigenvalue weighted by Gasteiger charge is -2.21. The summed E-state index contributed by atoms with van der Waals surface area (Å²) in [6.45, 7) is 0.905. The molecule has 146 valence electrons. The van der Waals surface area contributed by atoms with Crippen molar-refractivity contribution >= 4 is 40.6 Å². The van der Waals surface area contributed by atoms with Gasteiger partial charge in [-0.3, -0.25) is 14.5 Å². The summed E-state index contributed by atoms with van der Waals surface area (Å²) in [6.07, 6.45) is 0. The van der Waals surface area contributed by atoms with Crippen molar-refractivity contribution in [2.45, 2.75) is 6.54 Å². The van der Waals surface area contributed by atoms with E-state index in [4.69, 9.17) is 27.9 Å². The number of hydrogen-bond donors (Lipinski definition) is 0. The highest BCUT2D eigenvalue weighted by atomic mass is 35.5. The number of rotatable bonds is 7. The van der Waals surface area contributed by atoms with Crippen molar-refractivity contribution in [3.63, 3.8) is 0 Å². The average molecular weight is 419 g/mol. The highest BCUT2D eigenvalue weighted by molar-refractivity contribution is 6.41. The topological polar surface area (TPSA) is 49.9 Å². The molecule has 0 aliphatic carbocycles. The zero-order chi connectivity index (χ0) is 20.3. The van der Waals surface area contributed by atoms with Gasteiger partial charge in [-0.05, 0) is 17.7 Å². The molecule has 0 N–H and O–H groups in total. The first-order valence-corrected chi connectivity index (χ1v) is 9.49. The summed E-state index contributed by atoms with van der Waals surface area (Å²) >= 11 is 12.4. The van der Waals surface area contributed by atoms with E-state index in [1.807, 2.05) is 30.3 Å². The van der Waals surface area contributed by atoms with Gasteiger partial charge in [0, 0.05) is 31.3 Å². The second-order valence-electron chi connectivity index (χ2n) is 6.44. The maximum absolute atomic E-state index is 13.1. The van der Waals surface area contributed by atoms with Crippen LogP contribution in [0.25, 0.3) is 5.57 Å². The third-order valence-corrected chi connectivity index (χ3v) is 5.06.